The normalized spacial score (nSPS) is 13.5. The Bertz CT molecular complexity index is 532. The molecule has 0 aliphatic carbocycles. The van der Waals surface area contributed by atoms with Crippen LogP contribution in [0.4, 0.5) is 0 Å². The van der Waals surface area contributed by atoms with E-state index in [9.17, 15) is 13.2 Å². The molecule has 0 amide bonds. The van der Waals surface area contributed by atoms with Crippen molar-refractivity contribution < 1.29 is 22.7 Å². The van der Waals surface area contributed by atoms with Crippen molar-refractivity contribution in [1.29, 1.82) is 0 Å². The summed E-state index contributed by atoms with van der Waals surface area (Å²) in [7, 11) is -3.86. The van der Waals surface area contributed by atoms with Gasteiger partial charge in [-0.05, 0) is 26.3 Å². The molecule has 0 radical (unpaired) electrons. The predicted molar refractivity (Wildman–Crippen MR) is 64.8 cm³/mol. The first-order valence-electron chi connectivity index (χ1n) is 5.60. The van der Waals surface area contributed by atoms with Crippen LogP contribution in [0.2, 0.25) is 0 Å². The average molecular weight is 275 g/mol. The lowest BCUT2D eigenvalue weighted by molar-refractivity contribution is -0.139. The Morgan fingerprint density at radius 1 is 1.50 bits per heavy atom. The highest BCUT2D eigenvalue weighted by Crippen LogP contribution is 2.19. The molecular formula is C11H17NO5S. The van der Waals surface area contributed by atoms with Gasteiger partial charge in [0.25, 0.3) is 0 Å². The Labute approximate surface area is 106 Å². The number of sulfonamides is 1. The number of rotatable bonds is 6. The number of aryl methyl sites for hydroxylation is 2. The highest BCUT2D eigenvalue weighted by atomic mass is 32.2. The summed E-state index contributed by atoms with van der Waals surface area (Å²) < 4.78 is 31.4. The molecule has 102 valence electrons. The van der Waals surface area contributed by atoms with Crippen molar-refractivity contribution in [2.24, 2.45) is 0 Å². The summed E-state index contributed by atoms with van der Waals surface area (Å²) >= 11 is 0. The smallest absolute Gasteiger partial charge is 0.321 e. The Kier molecular flexibility index (Phi) is 4.53. The van der Waals surface area contributed by atoms with Crippen molar-refractivity contribution in [2.75, 3.05) is 0 Å². The fourth-order valence-electron chi connectivity index (χ4n) is 1.65. The molecule has 1 aromatic rings. The molecule has 0 saturated heterocycles. The number of hydrogen-bond donors (Lipinski definition) is 2. The van der Waals surface area contributed by atoms with Gasteiger partial charge in [-0.25, -0.2) is 8.42 Å². The SMILES string of the molecule is CCCC(NS(=O)(=O)c1cc(C)oc1C)C(=O)O. The monoisotopic (exact) mass is 275 g/mol. The third-order valence-electron chi connectivity index (χ3n) is 2.46. The molecule has 0 aliphatic rings. The van der Waals surface area contributed by atoms with Crippen LogP contribution in [0.15, 0.2) is 15.4 Å². The van der Waals surface area contributed by atoms with Crippen LogP contribution in [-0.2, 0) is 14.8 Å². The molecule has 0 fully saturated rings. The average Bonchev–Trinajstić information content (AvgIpc) is 2.57. The van der Waals surface area contributed by atoms with Gasteiger partial charge in [-0.3, -0.25) is 4.79 Å². The van der Waals surface area contributed by atoms with Crippen LogP contribution in [0.5, 0.6) is 0 Å². The van der Waals surface area contributed by atoms with E-state index in [0.717, 1.165) is 0 Å². The van der Waals surface area contributed by atoms with E-state index in [1.807, 2.05) is 0 Å². The highest BCUT2D eigenvalue weighted by molar-refractivity contribution is 7.89. The van der Waals surface area contributed by atoms with Gasteiger partial charge in [0.05, 0.1) is 0 Å². The number of carboxylic acid groups (broad SMARTS) is 1. The lowest BCUT2D eigenvalue weighted by atomic mass is 10.2. The van der Waals surface area contributed by atoms with Crippen LogP contribution in [-0.4, -0.2) is 25.5 Å². The second-order valence-electron chi connectivity index (χ2n) is 4.08. The minimum absolute atomic E-state index is 0.0117. The molecule has 1 atom stereocenters. The van der Waals surface area contributed by atoms with Crippen LogP contribution in [0.3, 0.4) is 0 Å². The summed E-state index contributed by atoms with van der Waals surface area (Å²) in [4.78, 5) is 10.9. The Hall–Kier alpha value is -1.34. The zero-order valence-electron chi connectivity index (χ0n) is 10.6. The molecule has 1 unspecified atom stereocenters. The minimum atomic E-state index is -3.86. The van der Waals surface area contributed by atoms with E-state index in [-0.39, 0.29) is 17.1 Å². The van der Waals surface area contributed by atoms with Crippen molar-refractivity contribution in [3.05, 3.63) is 17.6 Å². The van der Waals surface area contributed by atoms with Crippen molar-refractivity contribution in [3.63, 3.8) is 0 Å². The van der Waals surface area contributed by atoms with Crippen molar-refractivity contribution in [2.45, 2.75) is 44.6 Å². The van der Waals surface area contributed by atoms with Gasteiger partial charge in [-0.1, -0.05) is 13.3 Å². The molecule has 0 spiro atoms. The lowest BCUT2D eigenvalue weighted by Gasteiger charge is -2.13. The van der Waals surface area contributed by atoms with Crippen LogP contribution in [0, 0.1) is 13.8 Å². The van der Waals surface area contributed by atoms with Gasteiger partial charge in [0.2, 0.25) is 10.0 Å². The molecule has 1 heterocycles. The molecule has 18 heavy (non-hydrogen) atoms. The summed E-state index contributed by atoms with van der Waals surface area (Å²) in [6.45, 7) is 4.95. The maximum absolute atomic E-state index is 12.0. The van der Waals surface area contributed by atoms with Gasteiger partial charge >= 0.3 is 5.97 Å². The first-order valence-corrected chi connectivity index (χ1v) is 7.08. The van der Waals surface area contributed by atoms with E-state index in [4.69, 9.17) is 9.52 Å². The first-order chi connectivity index (χ1) is 8.27. The van der Waals surface area contributed by atoms with Crippen LogP contribution in [0.25, 0.3) is 0 Å². The minimum Gasteiger partial charge on any atom is -0.480 e. The molecule has 6 nitrogen and oxygen atoms in total. The fourth-order valence-corrected chi connectivity index (χ4v) is 3.11. The van der Waals surface area contributed by atoms with Gasteiger partial charge in [0.1, 0.15) is 22.5 Å². The summed E-state index contributed by atoms with van der Waals surface area (Å²) in [5.74, 6) is -0.464. The number of carboxylic acids is 1. The maximum atomic E-state index is 12.0. The Morgan fingerprint density at radius 2 is 2.11 bits per heavy atom. The number of hydrogen-bond acceptors (Lipinski definition) is 4. The zero-order chi connectivity index (χ0) is 13.9. The highest BCUT2D eigenvalue weighted by Gasteiger charge is 2.27. The Balaban J connectivity index is 3.00. The van der Waals surface area contributed by atoms with Gasteiger partial charge < -0.3 is 9.52 Å². The number of furan rings is 1. The van der Waals surface area contributed by atoms with E-state index in [0.29, 0.717) is 12.2 Å². The van der Waals surface area contributed by atoms with Crippen LogP contribution >= 0.6 is 0 Å². The van der Waals surface area contributed by atoms with E-state index in [1.54, 1.807) is 13.8 Å². The molecule has 1 aromatic heterocycles. The summed E-state index contributed by atoms with van der Waals surface area (Å²) in [6, 6.07) is 0.261. The third-order valence-corrected chi connectivity index (χ3v) is 4.04. The molecule has 0 saturated carbocycles. The second kappa shape index (κ2) is 5.53. The maximum Gasteiger partial charge on any atom is 0.321 e. The Morgan fingerprint density at radius 3 is 2.50 bits per heavy atom. The molecule has 0 aromatic carbocycles. The zero-order valence-corrected chi connectivity index (χ0v) is 11.4. The number of aliphatic carboxylic acids is 1. The quantitative estimate of drug-likeness (QED) is 0.818. The molecule has 2 N–H and O–H groups in total. The lowest BCUT2D eigenvalue weighted by Crippen LogP contribution is -2.40. The van der Waals surface area contributed by atoms with Gasteiger partial charge in [-0.2, -0.15) is 4.72 Å². The van der Waals surface area contributed by atoms with Crippen molar-refractivity contribution in [3.8, 4) is 0 Å². The van der Waals surface area contributed by atoms with E-state index in [2.05, 4.69) is 4.72 Å². The third kappa shape index (κ3) is 3.33. The molecule has 0 aliphatic heterocycles. The topological polar surface area (TPSA) is 96.6 Å². The molecule has 7 heteroatoms. The van der Waals surface area contributed by atoms with Gasteiger partial charge in [0.15, 0.2) is 0 Å². The molecule has 0 bridgehead atoms. The van der Waals surface area contributed by atoms with Crippen molar-refractivity contribution >= 4 is 16.0 Å². The van der Waals surface area contributed by atoms with E-state index in [1.165, 1.54) is 13.0 Å². The van der Waals surface area contributed by atoms with Gasteiger partial charge in [0, 0.05) is 0 Å². The van der Waals surface area contributed by atoms with Crippen molar-refractivity contribution in [1.82, 2.24) is 4.72 Å². The fraction of sp³-hybridized carbons (Fsp3) is 0.545. The number of nitrogens with one attached hydrogen (secondary N) is 1. The first kappa shape index (κ1) is 14.7. The largest absolute Gasteiger partial charge is 0.480 e. The molecule has 1 rings (SSSR count). The van der Waals surface area contributed by atoms with Crippen LogP contribution < -0.4 is 4.72 Å². The van der Waals surface area contributed by atoms with E-state index < -0.39 is 22.0 Å². The van der Waals surface area contributed by atoms with Gasteiger partial charge in [-0.15, -0.1) is 0 Å². The van der Waals surface area contributed by atoms with Crippen LogP contribution in [0.1, 0.15) is 31.3 Å². The van der Waals surface area contributed by atoms with E-state index >= 15 is 0 Å². The predicted octanol–water partition coefficient (Wildman–Crippen LogP) is 1.43. The summed E-state index contributed by atoms with van der Waals surface area (Å²) in [5, 5.41) is 8.94. The number of carbonyl (C=O) groups is 1. The summed E-state index contributed by atoms with van der Waals surface area (Å²) in [6.07, 6.45) is 0.813. The second-order valence-corrected chi connectivity index (χ2v) is 5.76. The summed E-state index contributed by atoms with van der Waals surface area (Å²) in [5.41, 5.74) is 0. The molecular weight excluding hydrogens is 258 g/mol. The standard InChI is InChI=1S/C11H17NO5S/c1-4-5-9(11(13)14)12-18(15,16)10-6-7(2)17-8(10)3/h6,9,12H,4-5H2,1-3H3,(H,13,14).